The summed E-state index contributed by atoms with van der Waals surface area (Å²) in [6.45, 7) is 3.77. The maximum atomic E-state index is 12.7. The van der Waals surface area contributed by atoms with Gasteiger partial charge in [-0.1, -0.05) is 41.9 Å². The molecule has 0 aliphatic rings. The van der Waals surface area contributed by atoms with Gasteiger partial charge in [0, 0.05) is 21.0 Å². The van der Waals surface area contributed by atoms with Crippen LogP contribution in [0.5, 0.6) is 0 Å². The first-order valence-corrected chi connectivity index (χ1v) is 9.46. The fourth-order valence-electron chi connectivity index (χ4n) is 2.92. The third kappa shape index (κ3) is 3.89. The normalized spacial score (nSPS) is 10.5. The highest BCUT2D eigenvalue weighted by Gasteiger charge is 2.25. The maximum Gasteiger partial charge on any atom is 0.341 e. The average molecular weight is 400 g/mol. The summed E-state index contributed by atoms with van der Waals surface area (Å²) in [5, 5.41) is 3.90. The van der Waals surface area contributed by atoms with Crippen LogP contribution in [-0.4, -0.2) is 19.0 Å². The van der Waals surface area contributed by atoms with Crippen LogP contribution in [0, 0.1) is 13.8 Å². The number of ether oxygens (including phenoxy) is 1. The van der Waals surface area contributed by atoms with E-state index in [2.05, 4.69) is 5.32 Å². The molecule has 0 saturated heterocycles. The standard InChI is InChI=1S/C21H18ClNO3S/c1-12-7-4-5-10-16(12)19(24)23-20-18(21(25)26-3)17(13(2)27-20)14-8-6-9-15(22)11-14/h4-11H,1-3H3,(H,23,24). The van der Waals surface area contributed by atoms with E-state index >= 15 is 0 Å². The summed E-state index contributed by atoms with van der Waals surface area (Å²) >= 11 is 7.46. The zero-order valence-corrected chi connectivity index (χ0v) is 16.7. The fraction of sp³-hybridized carbons (Fsp3) is 0.143. The minimum atomic E-state index is -0.505. The molecule has 3 aromatic rings. The molecule has 2 aromatic carbocycles. The molecular formula is C21H18ClNO3S. The largest absolute Gasteiger partial charge is 0.465 e. The highest BCUT2D eigenvalue weighted by Crippen LogP contribution is 2.41. The van der Waals surface area contributed by atoms with Crippen LogP contribution in [0.25, 0.3) is 11.1 Å². The smallest absolute Gasteiger partial charge is 0.341 e. The van der Waals surface area contributed by atoms with E-state index in [0.29, 0.717) is 21.2 Å². The lowest BCUT2D eigenvalue weighted by Crippen LogP contribution is -2.15. The topological polar surface area (TPSA) is 55.4 Å². The predicted molar refractivity (Wildman–Crippen MR) is 110 cm³/mol. The van der Waals surface area contributed by atoms with Crippen molar-refractivity contribution in [2.75, 3.05) is 12.4 Å². The number of aryl methyl sites for hydroxylation is 2. The Hall–Kier alpha value is -2.63. The zero-order chi connectivity index (χ0) is 19.6. The van der Waals surface area contributed by atoms with Crippen molar-refractivity contribution < 1.29 is 14.3 Å². The van der Waals surface area contributed by atoms with Gasteiger partial charge in [-0.3, -0.25) is 4.79 Å². The monoisotopic (exact) mass is 399 g/mol. The molecule has 1 N–H and O–H groups in total. The summed E-state index contributed by atoms with van der Waals surface area (Å²) < 4.78 is 4.98. The molecule has 0 radical (unpaired) electrons. The molecule has 138 valence electrons. The first-order valence-electron chi connectivity index (χ1n) is 8.27. The van der Waals surface area contributed by atoms with Crippen LogP contribution in [0.2, 0.25) is 5.02 Å². The second kappa shape index (κ2) is 7.94. The molecule has 1 amide bonds. The van der Waals surface area contributed by atoms with Crippen molar-refractivity contribution in [2.45, 2.75) is 13.8 Å². The third-order valence-corrected chi connectivity index (χ3v) is 5.46. The first-order chi connectivity index (χ1) is 12.9. The number of nitrogens with one attached hydrogen (secondary N) is 1. The van der Waals surface area contributed by atoms with Crippen LogP contribution in [0.15, 0.2) is 48.5 Å². The summed E-state index contributed by atoms with van der Waals surface area (Å²) in [6.07, 6.45) is 0. The first kappa shape index (κ1) is 19.1. The molecule has 1 heterocycles. The Morgan fingerprint density at radius 1 is 1.07 bits per heavy atom. The molecule has 6 heteroatoms. The zero-order valence-electron chi connectivity index (χ0n) is 15.1. The molecule has 0 aliphatic heterocycles. The van der Waals surface area contributed by atoms with Crippen LogP contribution in [0.4, 0.5) is 5.00 Å². The summed E-state index contributed by atoms with van der Waals surface area (Å²) in [5.74, 6) is -0.772. The Kier molecular flexibility index (Phi) is 5.63. The van der Waals surface area contributed by atoms with Gasteiger partial charge in [0.15, 0.2) is 0 Å². The van der Waals surface area contributed by atoms with Crippen molar-refractivity contribution in [1.82, 2.24) is 0 Å². The van der Waals surface area contributed by atoms with Gasteiger partial charge in [-0.15, -0.1) is 11.3 Å². The molecule has 27 heavy (non-hydrogen) atoms. The van der Waals surface area contributed by atoms with Crippen LogP contribution >= 0.6 is 22.9 Å². The Morgan fingerprint density at radius 2 is 1.81 bits per heavy atom. The summed E-state index contributed by atoms with van der Waals surface area (Å²) in [5.41, 5.74) is 3.27. The van der Waals surface area contributed by atoms with E-state index in [1.165, 1.54) is 18.4 Å². The Bertz CT molecular complexity index is 1030. The Labute approximate surface area is 166 Å². The lowest BCUT2D eigenvalue weighted by atomic mass is 10.0. The highest BCUT2D eigenvalue weighted by molar-refractivity contribution is 7.17. The van der Waals surface area contributed by atoms with Crippen LogP contribution in [0.3, 0.4) is 0 Å². The number of methoxy groups -OCH3 is 1. The lowest BCUT2D eigenvalue weighted by Gasteiger charge is -2.09. The molecule has 0 unspecified atom stereocenters. The van der Waals surface area contributed by atoms with Crippen molar-refractivity contribution >= 4 is 39.8 Å². The summed E-state index contributed by atoms with van der Waals surface area (Å²) in [6, 6.07) is 14.6. The van der Waals surface area contributed by atoms with E-state index in [0.717, 1.165) is 21.6 Å². The Balaban J connectivity index is 2.09. The van der Waals surface area contributed by atoms with Crippen molar-refractivity contribution in [2.24, 2.45) is 0 Å². The second-order valence-corrected chi connectivity index (χ2v) is 7.67. The molecule has 0 aliphatic carbocycles. The van der Waals surface area contributed by atoms with Crippen molar-refractivity contribution in [1.29, 1.82) is 0 Å². The van der Waals surface area contributed by atoms with Crippen LogP contribution < -0.4 is 5.32 Å². The number of hydrogen-bond acceptors (Lipinski definition) is 4. The SMILES string of the molecule is COC(=O)c1c(NC(=O)c2ccccc2C)sc(C)c1-c1cccc(Cl)c1. The van der Waals surface area contributed by atoms with Gasteiger partial charge in [0.1, 0.15) is 10.6 Å². The number of carbonyl (C=O) groups is 2. The molecule has 0 bridgehead atoms. The minimum absolute atomic E-state index is 0.267. The summed E-state index contributed by atoms with van der Waals surface area (Å²) in [4.78, 5) is 26.1. The van der Waals surface area contributed by atoms with Crippen molar-refractivity contribution in [3.8, 4) is 11.1 Å². The maximum absolute atomic E-state index is 12.7. The highest BCUT2D eigenvalue weighted by atomic mass is 35.5. The molecular weight excluding hydrogens is 382 g/mol. The van der Waals surface area contributed by atoms with Crippen LogP contribution in [-0.2, 0) is 4.74 Å². The quantitative estimate of drug-likeness (QED) is 0.570. The number of benzene rings is 2. The van der Waals surface area contributed by atoms with Gasteiger partial charge in [0.2, 0.25) is 0 Å². The number of carbonyl (C=O) groups excluding carboxylic acids is 2. The fourth-order valence-corrected chi connectivity index (χ4v) is 4.17. The Morgan fingerprint density at radius 3 is 2.48 bits per heavy atom. The van der Waals surface area contributed by atoms with E-state index < -0.39 is 5.97 Å². The molecule has 0 saturated carbocycles. The molecule has 0 spiro atoms. The molecule has 0 atom stereocenters. The van der Waals surface area contributed by atoms with Gasteiger partial charge in [-0.2, -0.15) is 0 Å². The van der Waals surface area contributed by atoms with Gasteiger partial charge in [0.25, 0.3) is 5.91 Å². The summed E-state index contributed by atoms with van der Waals surface area (Å²) in [7, 11) is 1.32. The lowest BCUT2D eigenvalue weighted by molar-refractivity contribution is 0.0603. The van der Waals surface area contributed by atoms with E-state index in [9.17, 15) is 9.59 Å². The van der Waals surface area contributed by atoms with Crippen LogP contribution in [0.1, 0.15) is 31.2 Å². The van der Waals surface area contributed by atoms with Gasteiger partial charge in [0.05, 0.1) is 7.11 Å². The number of hydrogen-bond donors (Lipinski definition) is 1. The number of thiophene rings is 1. The number of halogens is 1. The van der Waals surface area contributed by atoms with Crippen molar-refractivity contribution in [3.05, 3.63) is 75.1 Å². The molecule has 3 rings (SSSR count). The van der Waals surface area contributed by atoms with Gasteiger partial charge in [-0.25, -0.2) is 4.79 Å². The van der Waals surface area contributed by atoms with E-state index in [4.69, 9.17) is 16.3 Å². The number of esters is 1. The number of anilines is 1. The van der Waals surface area contributed by atoms with Gasteiger partial charge >= 0.3 is 5.97 Å². The minimum Gasteiger partial charge on any atom is -0.465 e. The molecule has 4 nitrogen and oxygen atoms in total. The van der Waals surface area contributed by atoms with E-state index in [1.54, 1.807) is 24.3 Å². The molecule has 1 aromatic heterocycles. The molecule has 0 fully saturated rings. The number of rotatable bonds is 4. The van der Waals surface area contributed by atoms with E-state index in [-0.39, 0.29) is 5.91 Å². The average Bonchev–Trinajstić information content (AvgIpc) is 2.97. The van der Waals surface area contributed by atoms with Gasteiger partial charge in [-0.05, 0) is 43.2 Å². The number of amides is 1. The second-order valence-electron chi connectivity index (χ2n) is 6.01. The van der Waals surface area contributed by atoms with Crippen molar-refractivity contribution in [3.63, 3.8) is 0 Å². The van der Waals surface area contributed by atoms with Gasteiger partial charge < -0.3 is 10.1 Å². The van der Waals surface area contributed by atoms with E-state index in [1.807, 2.05) is 38.1 Å². The third-order valence-electron chi connectivity index (χ3n) is 4.20. The predicted octanol–water partition coefficient (Wildman–Crippen LogP) is 5.72.